The van der Waals surface area contributed by atoms with Crippen LogP contribution in [0.4, 0.5) is 23.6 Å². The highest BCUT2D eigenvalue weighted by Crippen LogP contribution is 2.38. The Morgan fingerprint density at radius 2 is 2.19 bits per heavy atom. The minimum Gasteiger partial charge on any atom is -0.421 e. The fraction of sp³-hybridized carbons (Fsp3) is 0.375. The molecule has 1 aromatic carbocycles. The second kappa shape index (κ2) is 6.41. The Morgan fingerprint density at radius 3 is 2.85 bits per heavy atom. The highest BCUT2D eigenvalue weighted by molar-refractivity contribution is 5.88. The number of hydrogen-bond acceptors (Lipinski definition) is 6. The number of rotatable bonds is 3. The quantitative estimate of drug-likeness (QED) is 0.700. The maximum atomic E-state index is 14.5. The molecule has 1 saturated heterocycles. The van der Waals surface area contributed by atoms with Gasteiger partial charge in [-0.1, -0.05) is 0 Å². The molecule has 0 saturated carbocycles. The number of hydrogen-bond donors (Lipinski definition) is 1. The third kappa shape index (κ3) is 3.29. The monoisotopic (exact) mass is 385 g/mol. The number of alkyl halides is 3. The van der Waals surface area contributed by atoms with Gasteiger partial charge in [0.25, 0.3) is 6.01 Å². The summed E-state index contributed by atoms with van der Waals surface area (Å²) < 4.78 is 63.7. The molecule has 7 nitrogen and oxygen atoms in total. The normalized spacial score (nSPS) is 18.3. The van der Waals surface area contributed by atoms with E-state index in [-0.39, 0.29) is 28.8 Å². The topological polar surface area (TPSA) is 68.3 Å². The second-order valence-electron chi connectivity index (χ2n) is 6.13. The van der Waals surface area contributed by atoms with Gasteiger partial charge in [-0.25, -0.2) is 9.07 Å². The van der Waals surface area contributed by atoms with E-state index in [1.165, 1.54) is 17.1 Å². The second-order valence-corrected chi connectivity index (χ2v) is 6.13. The van der Waals surface area contributed by atoms with Gasteiger partial charge in [-0.05, 0) is 13.0 Å². The molecule has 2 aromatic heterocycles. The summed E-state index contributed by atoms with van der Waals surface area (Å²) >= 11 is 0. The molecule has 144 valence electrons. The van der Waals surface area contributed by atoms with Crippen molar-refractivity contribution in [2.45, 2.75) is 19.3 Å². The first kappa shape index (κ1) is 17.6. The van der Waals surface area contributed by atoms with Gasteiger partial charge in [0, 0.05) is 44.1 Å². The van der Waals surface area contributed by atoms with Crippen molar-refractivity contribution in [3.05, 3.63) is 30.3 Å². The smallest absolute Gasteiger partial charge is 0.421 e. The van der Waals surface area contributed by atoms with Crippen molar-refractivity contribution >= 4 is 17.1 Å². The van der Waals surface area contributed by atoms with E-state index in [4.69, 9.17) is 4.42 Å². The summed E-state index contributed by atoms with van der Waals surface area (Å²) in [6.45, 7) is 3.78. The van der Waals surface area contributed by atoms with Crippen molar-refractivity contribution in [3.63, 3.8) is 0 Å². The molecule has 3 heterocycles. The van der Waals surface area contributed by atoms with Crippen molar-refractivity contribution in [3.8, 4) is 11.4 Å². The third-order valence-corrected chi connectivity index (χ3v) is 4.26. The van der Waals surface area contributed by atoms with E-state index in [9.17, 15) is 17.6 Å². The van der Waals surface area contributed by atoms with E-state index in [1.54, 1.807) is 11.0 Å². The zero-order chi connectivity index (χ0) is 19.2. The lowest BCUT2D eigenvalue weighted by molar-refractivity contribution is -0.275. The van der Waals surface area contributed by atoms with Crippen LogP contribution in [0.1, 0.15) is 6.92 Å². The molecule has 1 aliphatic heterocycles. The summed E-state index contributed by atoms with van der Waals surface area (Å²) in [7, 11) is 0. The molecule has 27 heavy (non-hydrogen) atoms. The number of fused-ring (bicyclic) bond motifs is 1. The van der Waals surface area contributed by atoms with Crippen LogP contribution in [0.15, 0.2) is 28.9 Å². The minimum absolute atomic E-state index is 0.00297. The van der Waals surface area contributed by atoms with Crippen LogP contribution in [-0.4, -0.2) is 46.8 Å². The molecule has 1 fully saturated rings. The van der Waals surface area contributed by atoms with Crippen LogP contribution in [0.3, 0.4) is 0 Å². The number of nitrogens with one attached hydrogen (secondary N) is 1. The molecular formula is C16H15F4N5O2. The number of nitrogens with zero attached hydrogens (tertiary/aromatic N) is 4. The Hall–Kier alpha value is -2.82. The lowest BCUT2D eigenvalue weighted by Gasteiger charge is -2.32. The summed E-state index contributed by atoms with van der Waals surface area (Å²) in [5.41, 5.74) is -0.262. The predicted octanol–water partition coefficient (Wildman–Crippen LogP) is 2.85. The molecule has 0 radical (unpaired) electrons. The van der Waals surface area contributed by atoms with Gasteiger partial charge >= 0.3 is 6.36 Å². The molecule has 0 unspecified atom stereocenters. The molecule has 1 aliphatic rings. The highest BCUT2D eigenvalue weighted by atomic mass is 19.4. The molecule has 11 heteroatoms. The SMILES string of the molecule is C[C@H]1CNCCN1c1nc2c(OC(F)(F)F)c(F)cc(-n3cccn3)c2o1. The minimum atomic E-state index is -5.07. The summed E-state index contributed by atoms with van der Waals surface area (Å²) in [6.07, 6.45) is -2.09. The van der Waals surface area contributed by atoms with Gasteiger partial charge in [-0.3, -0.25) is 0 Å². The molecule has 0 bridgehead atoms. The molecule has 3 aromatic rings. The van der Waals surface area contributed by atoms with Crippen LogP contribution in [-0.2, 0) is 0 Å². The summed E-state index contributed by atoms with van der Waals surface area (Å²) in [5.74, 6) is -2.23. The Labute approximate surface area is 150 Å². The van der Waals surface area contributed by atoms with Gasteiger partial charge in [0.2, 0.25) is 0 Å². The van der Waals surface area contributed by atoms with Gasteiger partial charge in [0.1, 0.15) is 5.69 Å². The molecule has 0 spiro atoms. The third-order valence-electron chi connectivity index (χ3n) is 4.26. The van der Waals surface area contributed by atoms with E-state index < -0.39 is 17.9 Å². The van der Waals surface area contributed by atoms with Crippen LogP contribution in [0.5, 0.6) is 5.75 Å². The Bertz CT molecular complexity index is 954. The Balaban J connectivity index is 1.91. The van der Waals surface area contributed by atoms with Gasteiger partial charge in [0.05, 0.1) is 0 Å². The van der Waals surface area contributed by atoms with Gasteiger partial charge < -0.3 is 19.4 Å². The molecule has 4 rings (SSSR count). The maximum Gasteiger partial charge on any atom is 0.573 e. The fourth-order valence-electron chi connectivity index (χ4n) is 3.04. The summed E-state index contributed by atoms with van der Waals surface area (Å²) in [5, 5.41) is 7.19. The summed E-state index contributed by atoms with van der Waals surface area (Å²) in [6, 6.07) is 2.58. The van der Waals surface area contributed by atoms with E-state index in [1.807, 2.05) is 6.92 Å². The highest BCUT2D eigenvalue weighted by Gasteiger charge is 2.36. The average molecular weight is 385 g/mol. The van der Waals surface area contributed by atoms with Gasteiger partial charge in [-0.2, -0.15) is 10.1 Å². The number of benzene rings is 1. The van der Waals surface area contributed by atoms with Crippen LogP contribution in [0.2, 0.25) is 0 Å². The number of halogens is 4. The first-order valence-corrected chi connectivity index (χ1v) is 8.19. The number of oxazole rings is 1. The standard InChI is InChI=1S/C16H15F4N5O2/c1-9-8-21-4-6-24(9)15-23-12-13(27-16(18,19)20)10(17)7-11(14(12)26-15)25-5-2-3-22-25/h2-3,5,7,9,21H,4,6,8H2,1H3/t9-/m0/s1. The lowest BCUT2D eigenvalue weighted by Crippen LogP contribution is -2.50. The molecule has 1 N–H and O–H groups in total. The van der Waals surface area contributed by atoms with Crippen molar-refractivity contribution < 1.29 is 26.7 Å². The zero-order valence-electron chi connectivity index (χ0n) is 14.1. The number of piperazine rings is 1. The lowest BCUT2D eigenvalue weighted by atomic mass is 10.2. The predicted molar refractivity (Wildman–Crippen MR) is 87.4 cm³/mol. The maximum absolute atomic E-state index is 14.5. The van der Waals surface area contributed by atoms with Crippen LogP contribution in [0, 0.1) is 5.82 Å². The molecule has 0 amide bonds. The molecule has 1 atom stereocenters. The average Bonchev–Trinajstić information content (AvgIpc) is 3.26. The number of ether oxygens (including phenoxy) is 1. The Kier molecular flexibility index (Phi) is 4.17. The Morgan fingerprint density at radius 1 is 1.37 bits per heavy atom. The van der Waals surface area contributed by atoms with Gasteiger partial charge in [0.15, 0.2) is 22.7 Å². The van der Waals surface area contributed by atoms with Crippen LogP contribution in [0.25, 0.3) is 16.8 Å². The van der Waals surface area contributed by atoms with Gasteiger partial charge in [-0.15, -0.1) is 13.2 Å². The van der Waals surface area contributed by atoms with Crippen molar-refractivity contribution in [2.75, 3.05) is 24.5 Å². The van der Waals surface area contributed by atoms with E-state index in [0.29, 0.717) is 19.6 Å². The molecular weight excluding hydrogens is 370 g/mol. The number of aromatic nitrogens is 3. The van der Waals surface area contributed by atoms with E-state index in [0.717, 1.165) is 6.07 Å². The zero-order valence-corrected chi connectivity index (χ0v) is 14.1. The first-order valence-electron chi connectivity index (χ1n) is 8.19. The van der Waals surface area contributed by atoms with Crippen molar-refractivity contribution in [1.29, 1.82) is 0 Å². The molecule has 0 aliphatic carbocycles. The largest absolute Gasteiger partial charge is 0.573 e. The summed E-state index contributed by atoms with van der Waals surface area (Å²) in [4.78, 5) is 5.93. The fourth-order valence-corrected chi connectivity index (χ4v) is 3.04. The van der Waals surface area contributed by atoms with Crippen molar-refractivity contribution in [1.82, 2.24) is 20.1 Å². The van der Waals surface area contributed by atoms with Crippen molar-refractivity contribution in [2.24, 2.45) is 0 Å². The van der Waals surface area contributed by atoms with E-state index in [2.05, 4.69) is 20.1 Å². The number of anilines is 1. The van der Waals surface area contributed by atoms with Crippen LogP contribution >= 0.6 is 0 Å². The van der Waals surface area contributed by atoms with E-state index >= 15 is 0 Å². The van der Waals surface area contributed by atoms with Crippen LogP contribution < -0.4 is 15.0 Å². The first-order chi connectivity index (χ1) is 12.8.